The minimum atomic E-state index is -4.36. The van der Waals surface area contributed by atoms with Gasteiger partial charge < -0.3 is 4.98 Å². The van der Waals surface area contributed by atoms with Crippen molar-refractivity contribution in [3.05, 3.63) is 29.6 Å². The monoisotopic (exact) mass is 324 g/mol. The second-order valence-electron chi connectivity index (χ2n) is 6.40. The number of nitriles is 1. The summed E-state index contributed by atoms with van der Waals surface area (Å²) < 4.78 is 38.1. The van der Waals surface area contributed by atoms with Crippen LogP contribution in [0.4, 0.5) is 13.2 Å². The molecule has 1 N–H and O–H groups in total. The van der Waals surface area contributed by atoms with Crippen LogP contribution in [-0.2, 0) is 12.7 Å². The number of fused-ring (bicyclic) bond motifs is 1. The molecule has 0 spiro atoms. The highest BCUT2D eigenvalue weighted by Gasteiger charge is 2.30. The minimum Gasteiger partial charge on any atom is -0.341 e. The molecule has 23 heavy (non-hydrogen) atoms. The number of rotatable bonds is 5. The zero-order chi connectivity index (χ0) is 17.3. The number of benzene rings is 1. The lowest BCUT2D eigenvalue weighted by Gasteiger charge is -2.20. The van der Waals surface area contributed by atoms with Gasteiger partial charge in [-0.2, -0.15) is 18.4 Å². The maximum absolute atomic E-state index is 12.7. The quantitative estimate of drug-likeness (QED) is 0.906. The number of aromatic nitrogens is 2. The maximum atomic E-state index is 12.7. The molecule has 0 amide bonds. The van der Waals surface area contributed by atoms with Gasteiger partial charge in [-0.25, -0.2) is 4.98 Å². The topological polar surface area (TPSA) is 55.7 Å². The summed E-state index contributed by atoms with van der Waals surface area (Å²) >= 11 is 0. The van der Waals surface area contributed by atoms with E-state index in [-0.39, 0.29) is 0 Å². The molecule has 0 atom stereocenters. The van der Waals surface area contributed by atoms with Crippen LogP contribution < -0.4 is 0 Å². The summed E-state index contributed by atoms with van der Waals surface area (Å²) in [5.74, 6) is 0.608. The van der Waals surface area contributed by atoms with Gasteiger partial charge in [0.25, 0.3) is 0 Å². The number of H-pyrrole nitrogens is 1. The predicted octanol–water partition coefficient (Wildman–Crippen LogP) is 3.95. The molecule has 0 fully saturated rings. The fraction of sp³-hybridized carbons (Fsp3) is 0.500. The van der Waals surface area contributed by atoms with Gasteiger partial charge in [0.15, 0.2) is 0 Å². The lowest BCUT2D eigenvalue weighted by atomic mass is 9.91. The molecule has 124 valence electrons. The molecular weight excluding hydrogens is 305 g/mol. The van der Waals surface area contributed by atoms with Gasteiger partial charge in [-0.05, 0) is 52.1 Å². The van der Waals surface area contributed by atoms with Crippen molar-refractivity contribution in [1.82, 2.24) is 14.9 Å². The van der Waals surface area contributed by atoms with E-state index in [2.05, 4.69) is 16.0 Å². The molecule has 4 nitrogen and oxygen atoms in total. The normalized spacial score (nSPS) is 12.8. The largest absolute Gasteiger partial charge is 0.416 e. The molecule has 2 rings (SSSR count). The molecule has 0 bridgehead atoms. The van der Waals surface area contributed by atoms with Crippen LogP contribution >= 0.6 is 0 Å². The van der Waals surface area contributed by atoms with E-state index in [4.69, 9.17) is 5.26 Å². The first-order valence-corrected chi connectivity index (χ1v) is 7.26. The third kappa shape index (κ3) is 4.45. The molecule has 2 aromatic rings. The Hall–Kier alpha value is -2.07. The van der Waals surface area contributed by atoms with Crippen LogP contribution in [0.15, 0.2) is 18.2 Å². The van der Waals surface area contributed by atoms with Crippen molar-refractivity contribution in [3.8, 4) is 6.07 Å². The van der Waals surface area contributed by atoms with Crippen molar-refractivity contribution in [2.75, 3.05) is 13.6 Å². The summed E-state index contributed by atoms with van der Waals surface area (Å²) in [6.07, 6.45) is -3.66. The van der Waals surface area contributed by atoms with Crippen LogP contribution in [0.5, 0.6) is 0 Å². The maximum Gasteiger partial charge on any atom is 0.416 e. The van der Waals surface area contributed by atoms with E-state index in [1.165, 1.54) is 6.07 Å². The zero-order valence-corrected chi connectivity index (χ0v) is 13.3. The molecule has 0 saturated heterocycles. The van der Waals surface area contributed by atoms with Crippen molar-refractivity contribution in [2.45, 2.75) is 33.0 Å². The average molecular weight is 324 g/mol. The van der Waals surface area contributed by atoms with E-state index >= 15 is 0 Å². The lowest BCUT2D eigenvalue weighted by molar-refractivity contribution is -0.137. The molecule has 0 unspecified atom stereocenters. The summed E-state index contributed by atoms with van der Waals surface area (Å²) in [6.45, 7) is 4.93. The molecule has 0 aliphatic heterocycles. The highest BCUT2D eigenvalue weighted by Crippen LogP contribution is 2.30. The Morgan fingerprint density at radius 3 is 2.61 bits per heavy atom. The Balaban J connectivity index is 2.08. The second kappa shape index (κ2) is 6.20. The number of imidazole rings is 1. The van der Waals surface area contributed by atoms with Crippen molar-refractivity contribution >= 4 is 11.0 Å². The molecule has 0 saturated carbocycles. The van der Waals surface area contributed by atoms with Crippen LogP contribution in [0.1, 0.15) is 31.7 Å². The molecule has 0 radical (unpaired) electrons. The third-order valence-electron chi connectivity index (χ3n) is 3.70. The first-order chi connectivity index (χ1) is 10.6. The van der Waals surface area contributed by atoms with Gasteiger partial charge in [0.05, 0.1) is 34.6 Å². The van der Waals surface area contributed by atoms with E-state index in [0.29, 0.717) is 36.4 Å². The van der Waals surface area contributed by atoms with Crippen LogP contribution in [-0.4, -0.2) is 28.5 Å². The number of hydrogen-bond acceptors (Lipinski definition) is 3. The van der Waals surface area contributed by atoms with Crippen LogP contribution in [0, 0.1) is 16.7 Å². The van der Waals surface area contributed by atoms with Gasteiger partial charge in [0.2, 0.25) is 0 Å². The highest BCUT2D eigenvalue weighted by atomic mass is 19.4. The molecule has 7 heteroatoms. The van der Waals surface area contributed by atoms with Gasteiger partial charge in [-0.3, -0.25) is 4.90 Å². The Bertz CT molecular complexity index is 725. The van der Waals surface area contributed by atoms with Gasteiger partial charge >= 0.3 is 6.18 Å². The van der Waals surface area contributed by atoms with E-state index in [9.17, 15) is 13.2 Å². The smallest absolute Gasteiger partial charge is 0.341 e. The molecule has 0 aliphatic rings. The summed E-state index contributed by atoms with van der Waals surface area (Å²) in [5, 5.41) is 9.00. The lowest BCUT2D eigenvalue weighted by Crippen LogP contribution is -2.24. The van der Waals surface area contributed by atoms with Crippen LogP contribution in [0.25, 0.3) is 11.0 Å². The first-order valence-electron chi connectivity index (χ1n) is 7.26. The summed E-state index contributed by atoms with van der Waals surface area (Å²) in [6, 6.07) is 5.73. The fourth-order valence-corrected chi connectivity index (χ4v) is 2.17. The van der Waals surface area contributed by atoms with Crippen molar-refractivity contribution in [3.63, 3.8) is 0 Å². The number of nitrogens with zero attached hydrogens (tertiary/aromatic N) is 3. The Morgan fingerprint density at radius 1 is 1.30 bits per heavy atom. The van der Waals surface area contributed by atoms with E-state index < -0.39 is 17.2 Å². The number of alkyl halides is 3. The van der Waals surface area contributed by atoms with Crippen molar-refractivity contribution < 1.29 is 13.2 Å². The standard InChI is InChI=1S/C16H19F3N4/c1-15(2,10-20)6-7-23(3)9-14-21-12-5-4-11(16(17,18)19)8-13(12)22-14/h4-5,8H,6-7,9H2,1-3H3,(H,21,22). The number of aromatic amines is 1. The van der Waals surface area contributed by atoms with Gasteiger partial charge in [0.1, 0.15) is 5.82 Å². The van der Waals surface area contributed by atoms with Gasteiger partial charge in [-0.1, -0.05) is 0 Å². The zero-order valence-electron chi connectivity index (χ0n) is 13.3. The van der Waals surface area contributed by atoms with Gasteiger partial charge in [0, 0.05) is 0 Å². The van der Waals surface area contributed by atoms with Crippen molar-refractivity contribution in [2.24, 2.45) is 5.41 Å². The van der Waals surface area contributed by atoms with E-state index in [0.717, 1.165) is 12.1 Å². The average Bonchev–Trinajstić information content (AvgIpc) is 2.85. The van der Waals surface area contributed by atoms with Gasteiger partial charge in [-0.15, -0.1) is 0 Å². The summed E-state index contributed by atoms with van der Waals surface area (Å²) in [5.41, 5.74) is -0.201. The molecular formula is C16H19F3N4. The number of nitrogens with one attached hydrogen (secondary N) is 1. The fourth-order valence-electron chi connectivity index (χ4n) is 2.17. The number of halogens is 3. The predicted molar refractivity (Wildman–Crippen MR) is 81.4 cm³/mol. The summed E-state index contributed by atoms with van der Waals surface area (Å²) in [7, 11) is 1.89. The second-order valence-corrected chi connectivity index (χ2v) is 6.40. The first kappa shape index (κ1) is 17.3. The summed E-state index contributed by atoms with van der Waals surface area (Å²) in [4.78, 5) is 9.23. The van der Waals surface area contributed by atoms with Crippen LogP contribution in [0.2, 0.25) is 0 Å². The van der Waals surface area contributed by atoms with Crippen molar-refractivity contribution in [1.29, 1.82) is 5.26 Å². The Morgan fingerprint density at radius 2 is 2.00 bits per heavy atom. The van der Waals surface area contributed by atoms with E-state index in [1.807, 2.05) is 25.8 Å². The minimum absolute atomic E-state index is 0.376. The van der Waals surface area contributed by atoms with E-state index in [1.54, 1.807) is 0 Å². The SMILES string of the molecule is CN(CCC(C)(C)C#N)Cc1nc2ccc(C(F)(F)F)cc2[nH]1. The highest BCUT2D eigenvalue weighted by molar-refractivity contribution is 5.76. The molecule has 1 aromatic carbocycles. The Labute approximate surface area is 132 Å². The molecule has 1 heterocycles. The molecule has 0 aliphatic carbocycles. The van der Waals surface area contributed by atoms with Crippen LogP contribution in [0.3, 0.4) is 0 Å². The molecule has 1 aromatic heterocycles. The third-order valence-corrected chi connectivity index (χ3v) is 3.70. The Kier molecular flexibility index (Phi) is 4.66. The number of hydrogen-bond donors (Lipinski definition) is 1.